The number of rotatable bonds is 9. The number of carbonyl (C=O) groups excluding carboxylic acids is 3. The molecule has 178 valence electrons. The standard InChI is InChI=1S/C29H27NO5/c1-2-19-35-29(34)22-14-16-23(17-15-22)30-26(21-11-7-4-8-12-21)25(27(32)28(30)33)24(31)18-13-20-9-5-3-6-10-20/h3-12,14-17,26,32H,2,13,18-19H2,1H3. The van der Waals surface area contributed by atoms with Crippen LogP contribution in [0.4, 0.5) is 5.69 Å². The van der Waals surface area contributed by atoms with Gasteiger partial charge in [0.15, 0.2) is 11.5 Å². The molecular formula is C29H27NO5. The molecule has 0 saturated carbocycles. The molecule has 6 heteroatoms. The van der Waals surface area contributed by atoms with E-state index < -0.39 is 23.7 Å². The van der Waals surface area contributed by atoms with Gasteiger partial charge in [0, 0.05) is 12.1 Å². The highest BCUT2D eigenvalue weighted by Gasteiger charge is 2.44. The van der Waals surface area contributed by atoms with E-state index >= 15 is 0 Å². The molecule has 0 spiro atoms. The number of aliphatic hydroxyl groups is 1. The fourth-order valence-corrected chi connectivity index (χ4v) is 4.18. The van der Waals surface area contributed by atoms with Crippen LogP contribution < -0.4 is 4.90 Å². The average molecular weight is 470 g/mol. The maximum absolute atomic E-state index is 13.3. The minimum atomic E-state index is -0.773. The number of Topliss-reactive ketones (excluding diaryl/α,β-unsaturated/α-hetero) is 1. The van der Waals surface area contributed by atoms with Crippen molar-refractivity contribution in [1.29, 1.82) is 0 Å². The van der Waals surface area contributed by atoms with Crippen molar-refractivity contribution < 1.29 is 24.2 Å². The molecule has 0 radical (unpaired) electrons. The summed E-state index contributed by atoms with van der Waals surface area (Å²) >= 11 is 0. The summed E-state index contributed by atoms with van der Waals surface area (Å²) in [5.74, 6) is -1.91. The zero-order valence-electron chi connectivity index (χ0n) is 19.5. The first-order chi connectivity index (χ1) is 17.0. The predicted octanol–water partition coefficient (Wildman–Crippen LogP) is 5.36. The molecule has 3 aromatic rings. The highest BCUT2D eigenvalue weighted by Crippen LogP contribution is 2.41. The van der Waals surface area contributed by atoms with E-state index in [1.807, 2.05) is 67.6 Å². The Labute approximate surface area is 204 Å². The number of hydrogen-bond acceptors (Lipinski definition) is 5. The summed E-state index contributed by atoms with van der Waals surface area (Å²) in [6.45, 7) is 2.24. The summed E-state index contributed by atoms with van der Waals surface area (Å²) in [5, 5.41) is 10.8. The number of hydrogen-bond donors (Lipinski definition) is 1. The lowest BCUT2D eigenvalue weighted by Crippen LogP contribution is -2.31. The van der Waals surface area contributed by atoms with Crippen molar-refractivity contribution in [3.63, 3.8) is 0 Å². The molecule has 35 heavy (non-hydrogen) atoms. The second kappa shape index (κ2) is 10.8. The van der Waals surface area contributed by atoms with E-state index in [-0.39, 0.29) is 17.8 Å². The molecule has 1 heterocycles. The van der Waals surface area contributed by atoms with Gasteiger partial charge in [0.25, 0.3) is 5.91 Å². The molecule has 0 aliphatic carbocycles. The number of carbonyl (C=O) groups is 3. The first-order valence-corrected chi connectivity index (χ1v) is 11.7. The summed E-state index contributed by atoms with van der Waals surface area (Å²) in [7, 11) is 0. The van der Waals surface area contributed by atoms with E-state index in [2.05, 4.69) is 0 Å². The smallest absolute Gasteiger partial charge is 0.338 e. The van der Waals surface area contributed by atoms with Gasteiger partial charge >= 0.3 is 5.97 Å². The lowest BCUT2D eigenvalue weighted by atomic mass is 9.93. The van der Waals surface area contributed by atoms with Gasteiger partial charge in [0.2, 0.25) is 0 Å². The van der Waals surface area contributed by atoms with Crippen LogP contribution in [0.5, 0.6) is 0 Å². The van der Waals surface area contributed by atoms with Crippen LogP contribution in [0.15, 0.2) is 96.3 Å². The lowest BCUT2D eigenvalue weighted by Gasteiger charge is -2.27. The number of nitrogens with zero attached hydrogens (tertiary/aromatic N) is 1. The summed E-state index contributed by atoms with van der Waals surface area (Å²) in [4.78, 5) is 40.1. The molecule has 1 aliphatic rings. The van der Waals surface area contributed by atoms with Gasteiger partial charge in [-0.1, -0.05) is 67.6 Å². The molecular weight excluding hydrogens is 442 g/mol. The van der Waals surface area contributed by atoms with E-state index in [4.69, 9.17) is 4.74 Å². The van der Waals surface area contributed by atoms with E-state index in [0.29, 0.717) is 29.8 Å². The zero-order valence-corrected chi connectivity index (χ0v) is 19.5. The summed E-state index contributed by atoms with van der Waals surface area (Å²) in [6, 6.07) is 24.4. The van der Waals surface area contributed by atoms with Gasteiger partial charge in [-0.05, 0) is 48.2 Å². The molecule has 0 saturated heterocycles. The molecule has 0 bridgehead atoms. The predicted molar refractivity (Wildman–Crippen MR) is 133 cm³/mol. The molecule has 1 unspecified atom stereocenters. The van der Waals surface area contributed by atoms with Crippen LogP contribution in [-0.4, -0.2) is 29.4 Å². The monoisotopic (exact) mass is 469 g/mol. The number of ketones is 1. The normalized spacial score (nSPS) is 15.4. The van der Waals surface area contributed by atoms with Gasteiger partial charge in [0.1, 0.15) is 0 Å². The van der Waals surface area contributed by atoms with E-state index in [1.165, 1.54) is 4.90 Å². The molecule has 0 aromatic heterocycles. The lowest BCUT2D eigenvalue weighted by molar-refractivity contribution is -0.118. The molecule has 1 amide bonds. The number of amides is 1. The zero-order chi connectivity index (χ0) is 24.8. The third kappa shape index (κ3) is 5.17. The van der Waals surface area contributed by atoms with Gasteiger partial charge in [0.05, 0.1) is 23.8 Å². The Bertz CT molecular complexity index is 1230. The minimum absolute atomic E-state index is 0.0866. The third-order valence-corrected chi connectivity index (χ3v) is 5.93. The third-order valence-electron chi connectivity index (χ3n) is 5.93. The van der Waals surface area contributed by atoms with Crippen molar-refractivity contribution in [1.82, 2.24) is 0 Å². The first-order valence-electron chi connectivity index (χ1n) is 11.7. The van der Waals surface area contributed by atoms with Crippen LogP contribution in [0, 0.1) is 0 Å². The molecule has 4 rings (SSSR count). The Morgan fingerprint density at radius 1 is 0.914 bits per heavy atom. The number of ether oxygens (including phenoxy) is 1. The molecule has 1 N–H and O–H groups in total. The highest BCUT2D eigenvalue weighted by atomic mass is 16.5. The summed E-state index contributed by atoms with van der Waals surface area (Å²) < 4.78 is 5.17. The van der Waals surface area contributed by atoms with Crippen LogP contribution in [0.3, 0.4) is 0 Å². The van der Waals surface area contributed by atoms with Gasteiger partial charge < -0.3 is 9.84 Å². The number of aryl methyl sites for hydroxylation is 1. The maximum atomic E-state index is 13.3. The van der Waals surface area contributed by atoms with Crippen LogP contribution >= 0.6 is 0 Å². The largest absolute Gasteiger partial charge is 0.503 e. The van der Waals surface area contributed by atoms with Crippen LogP contribution in [0.2, 0.25) is 0 Å². The quantitative estimate of drug-likeness (QED) is 0.427. The maximum Gasteiger partial charge on any atom is 0.338 e. The second-order valence-corrected chi connectivity index (χ2v) is 8.34. The first kappa shape index (κ1) is 24.0. The minimum Gasteiger partial charge on any atom is -0.503 e. The van der Waals surface area contributed by atoms with Crippen molar-refractivity contribution in [2.24, 2.45) is 0 Å². The van der Waals surface area contributed by atoms with Gasteiger partial charge in [-0.15, -0.1) is 0 Å². The Kier molecular flexibility index (Phi) is 7.41. The molecule has 1 atom stereocenters. The van der Waals surface area contributed by atoms with Gasteiger partial charge in [-0.2, -0.15) is 0 Å². The Balaban J connectivity index is 1.64. The fraction of sp³-hybridized carbons (Fsp3) is 0.207. The van der Waals surface area contributed by atoms with Crippen molar-refractivity contribution in [3.05, 3.63) is 113 Å². The van der Waals surface area contributed by atoms with Crippen molar-refractivity contribution in [2.75, 3.05) is 11.5 Å². The van der Waals surface area contributed by atoms with E-state index in [1.54, 1.807) is 24.3 Å². The Morgan fingerprint density at radius 3 is 2.17 bits per heavy atom. The topological polar surface area (TPSA) is 83.9 Å². The number of esters is 1. The van der Waals surface area contributed by atoms with Gasteiger partial charge in [-0.25, -0.2) is 4.79 Å². The Morgan fingerprint density at radius 2 is 1.54 bits per heavy atom. The SMILES string of the molecule is CCCOC(=O)c1ccc(N2C(=O)C(O)=C(C(=O)CCc3ccccc3)C2c2ccccc2)cc1. The molecule has 6 nitrogen and oxygen atoms in total. The second-order valence-electron chi connectivity index (χ2n) is 8.34. The highest BCUT2D eigenvalue weighted by molar-refractivity contribution is 6.16. The Hall–Kier alpha value is -4.19. The van der Waals surface area contributed by atoms with Crippen molar-refractivity contribution in [3.8, 4) is 0 Å². The molecule has 0 fully saturated rings. The number of aliphatic hydroxyl groups excluding tert-OH is 1. The van der Waals surface area contributed by atoms with Gasteiger partial charge in [-0.3, -0.25) is 14.5 Å². The number of anilines is 1. The van der Waals surface area contributed by atoms with Crippen molar-refractivity contribution in [2.45, 2.75) is 32.2 Å². The molecule has 3 aromatic carbocycles. The average Bonchev–Trinajstić information content (AvgIpc) is 3.17. The summed E-state index contributed by atoms with van der Waals surface area (Å²) in [6.07, 6.45) is 1.38. The molecule has 1 aliphatic heterocycles. The van der Waals surface area contributed by atoms with Crippen molar-refractivity contribution >= 4 is 23.3 Å². The fourth-order valence-electron chi connectivity index (χ4n) is 4.18. The summed E-state index contributed by atoms with van der Waals surface area (Å²) in [5.41, 5.74) is 2.63. The van der Waals surface area contributed by atoms with E-state index in [9.17, 15) is 19.5 Å². The van der Waals surface area contributed by atoms with Crippen LogP contribution in [0.25, 0.3) is 0 Å². The van der Waals surface area contributed by atoms with Crippen LogP contribution in [0.1, 0.15) is 47.3 Å². The van der Waals surface area contributed by atoms with E-state index in [0.717, 1.165) is 12.0 Å². The van der Waals surface area contributed by atoms with Crippen LogP contribution in [-0.2, 0) is 20.7 Å². The number of benzene rings is 3.